The molecule has 1 amide bonds. The second-order valence-electron chi connectivity index (χ2n) is 8.72. The summed E-state index contributed by atoms with van der Waals surface area (Å²) in [5.74, 6) is 1.31. The SMILES string of the molecule is C=CC(=O)Nc1cccc(Cc2cn3c(n2)c(-c2c(Cl)c(OC)cc(OC)c2Cl)cc2cnc(NC)cc23)c1. The number of carbonyl (C=O) groups excluding carboxylic acids is 1. The predicted octanol–water partition coefficient (Wildman–Crippen LogP) is 6.63. The largest absolute Gasteiger partial charge is 0.495 e. The molecule has 2 aromatic carbocycles. The fraction of sp³-hybridized carbons (Fsp3) is 0.138. The standard InChI is InChI=1S/C29H25Cl2N5O3/c1-5-25(37)34-18-8-6-7-16(9-18)10-19-15-36-21-12-24(32-2)33-14-17(21)11-20(29(36)35-19)26-27(30)22(38-3)13-23(39-4)28(26)31/h5-9,11-15H,1,10H2,2-4H3,(H,32,33)(H,34,37). The van der Waals surface area contributed by atoms with Gasteiger partial charge >= 0.3 is 0 Å². The Morgan fingerprint density at radius 2 is 1.85 bits per heavy atom. The first-order chi connectivity index (χ1) is 18.9. The number of rotatable bonds is 8. The zero-order valence-electron chi connectivity index (χ0n) is 21.5. The van der Waals surface area contributed by atoms with E-state index in [0.717, 1.165) is 28.0 Å². The maximum atomic E-state index is 11.8. The molecule has 39 heavy (non-hydrogen) atoms. The number of hydrogen-bond donors (Lipinski definition) is 2. The third-order valence-electron chi connectivity index (χ3n) is 6.33. The second kappa shape index (κ2) is 10.8. The Morgan fingerprint density at radius 1 is 1.10 bits per heavy atom. The maximum Gasteiger partial charge on any atom is 0.247 e. The number of benzene rings is 2. The Kier molecular flexibility index (Phi) is 7.32. The zero-order valence-corrected chi connectivity index (χ0v) is 23.0. The minimum atomic E-state index is -0.271. The minimum Gasteiger partial charge on any atom is -0.495 e. The molecule has 0 unspecified atom stereocenters. The van der Waals surface area contributed by atoms with Gasteiger partial charge in [0.05, 0.1) is 35.5 Å². The summed E-state index contributed by atoms with van der Waals surface area (Å²) in [6, 6.07) is 13.2. The van der Waals surface area contributed by atoms with Crippen LogP contribution in [0.15, 0.2) is 67.5 Å². The van der Waals surface area contributed by atoms with Crippen LogP contribution in [-0.4, -0.2) is 41.5 Å². The number of amides is 1. The summed E-state index contributed by atoms with van der Waals surface area (Å²) < 4.78 is 13.0. The number of imidazole rings is 1. The Morgan fingerprint density at radius 3 is 2.51 bits per heavy atom. The van der Waals surface area contributed by atoms with Crippen molar-refractivity contribution in [3.8, 4) is 22.6 Å². The van der Waals surface area contributed by atoms with Crippen molar-refractivity contribution in [1.29, 1.82) is 0 Å². The first-order valence-corrected chi connectivity index (χ1v) is 12.7. The molecule has 0 atom stereocenters. The molecule has 3 heterocycles. The van der Waals surface area contributed by atoms with Gasteiger partial charge in [-0.25, -0.2) is 9.97 Å². The molecule has 0 spiro atoms. The number of carbonyl (C=O) groups is 1. The van der Waals surface area contributed by atoms with E-state index in [9.17, 15) is 4.79 Å². The molecule has 3 aromatic heterocycles. The minimum absolute atomic E-state index is 0.271. The predicted molar refractivity (Wildman–Crippen MR) is 157 cm³/mol. The van der Waals surface area contributed by atoms with Crippen molar-refractivity contribution in [3.63, 3.8) is 0 Å². The number of hydrogen-bond acceptors (Lipinski definition) is 6. The highest BCUT2D eigenvalue weighted by atomic mass is 35.5. The van der Waals surface area contributed by atoms with Crippen LogP contribution in [0, 0.1) is 0 Å². The molecule has 10 heteroatoms. The summed E-state index contributed by atoms with van der Waals surface area (Å²) >= 11 is 13.6. The van der Waals surface area contributed by atoms with Crippen LogP contribution in [0.2, 0.25) is 10.0 Å². The Bertz CT molecular complexity index is 1720. The fourth-order valence-corrected chi connectivity index (χ4v) is 5.19. The summed E-state index contributed by atoms with van der Waals surface area (Å²) in [4.78, 5) is 21.3. The van der Waals surface area contributed by atoms with Crippen LogP contribution >= 0.6 is 23.2 Å². The lowest BCUT2D eigenvalue weighted by Gasteiger charge is -2.16. The molecule has 0 fully saturated rings. The average Bonchev–Trinajstić information content (AvgIpc) is 3.37. The van der Waals surface area contributed by atoms with Gasteiger partial charge in [0.15, 0.2) is 0 Å². The smallest absolute Gasteiger partial charge is 0.247 e. The van der Waals surface area contributed by atoms with Gasteiger partial charge < -0.3 is 20.1 Å². The Hall–Kier alpha value is -4.27. The van der Waals surface area contributed by atoms with Gasteiger partial charge in [-0.15, -0.1) is 0 Å². The molecule has 5 aromatic rings. The molecular weight excluding hydrogens is 537 g/mol. The molecule has 0 saturated heterocycles. The lowest BCUT2D eigenvalue weighted by molar-refractivity contribution is -0.111. The first-order valence-electron chi connectivity index (χ1n) is 12.0. The van der Waals surface area contributed by atoms with E-state index in [1.165, 1.54) is 20.3 Å². The van der Waals surface area contributed by atoms with Crippen LogP contribution < -0.4 is 20.1 Å². The molecule has 2 N–H and O–H groups in total. The first kappa shape index (κ1) is 26.3. The molecular formula is C29H25Cl2N5O3. The second-order valence-corrected chi connectivity index (χ2v) is 9.47. The van der Waals surface area contributed by atoms with Gasteiger partial charge in [0.25, 0.3) is 0 Å². The normalized spacial score (nSPS) is 11.0. The van der Waals surface area contributed by atoms with Crippen LogP contribution in [0.5, 0.6) is 11.5 Å². The summed E-state index contributed by atoms with van der Waals surface area (Å²) in [6.07, 6.45) is 5.52. The van der Waals surface area contributed by atoms with Crippen molar-refractivity contribution in [3.05, 3.63) is 88.8 Å². The molecule has 0 radical (unpaired) electrons. The van der Waals surface area contributed by atoms with Gasteiger partial charge in [-0.05, 0) is 29.8 Å². The molecule has 0 aliphatic carbocycles. The highest BCUT2D eigenvalue weighted by Crippen LogP contribution is 2.47. The average molecular weight is 562 g/mol. The van der Waals surface area contributed by atoms with Crippen molar-refractivity contribution >= 4 is 57.2 Å². The molecule has 5 rings (SSSR count). The Balaban J connectivity index is 1.72. The van der Waals surface area contributed by atoms with Crippen LogP contribution in [-0.2, 0) is 11.2 Å². The zero-order chi connectivity index (χ0) is 27.7. The number of methoxy groups -OCH3 is 2. The van der Waals surface area contributed by atoms with Gasteiger partial charge in [0.1, 0.15) is 23.0 Å². The van der Waals surface area contributed by atoms with Crippen LogP contribution in [0.3, 0.4) is 0 Å². The summed E-state index contributed by atoms with van der Waals surface area (Å²) in [5.41, 5.74) is 5.27. The lowest BCUT2D eigenvalue weighted by atomic mass is 10.0. The van der Waals surface area contributed by atoms with E-state index in [-0.39, 0.29) is 5.91 Å². The number of pyridine rings is 2. The van der Waals surface area contributed by atoms with Crippen molar-refractivity contribution in [2.75, 3.05) is 31.9 Å². The maximum absolute atomic E-state index is 11.8. The highest BCUT2D eigenvalue weighted by Gasteiger charge is 2.23. The third kappa shape index (κ3) is 4.96. The fourth-order valence-electron chi connectivity index (χ4n) is 4.49. The van der Waals surface area contributed by atoms with Crippen molar-refractivity contribution in [2.24, 2.45) is 0 Å². The lowest BCUT2D eigenvalue weighted by Crippen LogP contribution is -2.07. The third-order valence-corrected chi connectivity index (χ3v) is 7.08. The highest BCUT2D eigenvalue weighted by molar-refractivity contribution is 6.41. The van der Waals surface area contributed by atoms with Gasteiger partial charge in [-0.1, -0.05) is 41.9 Å². The number of anilines is 2. The number of halogens is 2. The van der Waals surface area contributed by atoms with E-state index in [1.807, 2.05) is 54.0 Å². The van der Waals surface area contributed by atoms with Crippen molar-refractivity contribution in [2.45, 2.75) is 6.42 Å². The number of nitrogens with zero attached hydrogens (tertiary/aromatic N) is 3. The number of aromatic nitrogens is 3. The summed E-state index contributed by atoms with van der Waals surface area (Å²) in [6.45, 7) is 3.51. The van der Waals surface area contributed by atoms with Crippen molar-refractivity contribution in [1.82, 2.24) is 14.4 Å². The van der Waals surface area contributed by atoms with E-state index in [0.29, 0.717) is 50.4 Å². The molecule has 0 bridgehead atoms. The Labute approximate surface area is 235 Å². The summed E-state index contributed by atoms with van der Waals surface area (Å²) in [5, 5.41) is 7.44. The van der Waals surface area contributed by atoms with E-state index in [4.69, 9.17) is 37.7 Å². The molecule has 0 aliphatic heterocycles. The molecule has 8 nitrogen and oxygen atoms in total. The molecule has 0 saturated carbocycles. The van der Waals surface area contributed by atoms with Gasteiger partial charge in [0, 0.05) is 60.2 Å². The number of nitrogens with one attached hydrogen (secondary N) is 2. The molecule has 198 valence electrons. The van der Waals surface area contributed by atoms with E-state index in [1.54, 1.807) is 12.3 Å². The van der Waals surface area contributed by atoms with Gasteiger partial charge in [-0.2, -0.15) is 0 Å². The van der Waals surface area contributed by atoms with E-state index >= 15 is 0 Å². The van der Waals surface area contributed by atoms with Crippen LogP contribution in [0.4, 0.5) is 11.5 Å². The van der Waals surface area contributed by atoms with Crippen LogP contribution in [0.25, 0.3) is 27.7 Å². The van der Waals surface area contributed by atoms with Gasteiger partial charge in [-0.3, -0.25) is 9.20 Å². The summed E-state index contributed by atoms with van der Waals surface area (Å²) in [7, 11) is 4.90. The number of ether oxygens (including phenoxy) is 2. The van der Waals surface area contributed by atoms with Crippen LogP contribution in [0.1, 0.15) is 11.3 Å². The number of fused-ring (bicyclic) bond motifs is 3. The quantitative estimate of drug-likeness (QED) is 0.207. The van der Waals surface area contributed by atoms with Crippen molar-refractivity contribution < 1.29 is 14.3 Å². The molecule has 0 aliphatic rings. The van der Waals surface area contributed by atoms with E-state index in [2.05, 4.69) is 22.2 Å². The van der Waals surface area contributed by atoms with Gasteiger partial charge in [0.2, 0.25) is 5.91 Å². The van der Waals surface area contributed by atoms with E-state index < -0.39 is 0 Å². The monoisotopic (exact) mass is 561 g/mol. The topological polar surface area (TPSA) is 89.8 Å².